The van der Waals surface area contributed by atoms with E-state index in [0.29, 0.717) is 30.3 Å². The summed E-state index contributed by atoms with van der Waals surface area (Å²) in [6.45, 7) is 5.88. The van der Waals surface area contributed by atoms with Gasteiger partial charge in [0, 0.05) is 24.5 Å². The summed E-state index contributed by atoms with van der Waals surface area (Å²) in [6, 6.07) is 5.57. The van der Waals surface area contributed by atoms with Gasteiger partial charge in [0.05, 0.1) is 24.1 Å². The van der Waals surface area contributed by atoms with Gasteiger partial charge < -0.3 is 25.8 Å². The summed E-state index contributed by atoms with van der Waals surface area (Å²) in [7, 11) is 0. The molecule has 0 aliphatic heterocycles. The van der Waals surface area contributed by atoms with Crippen LogP contribution in [0.3, 0.4) is 0 Å². The number of carboxylic acid groups (broad SMARTS) is 1. The minimum Gasteiger partial charge on any atom is -0.476 e. The van der Waals surface area contributed by atoms with Crippen LogP contribution in [0.5, 0.6) is 5.88 Å². The van der Waals surface area contributed by atoms with Crippen LogP contribution in [0.4, 0.5) is 26.5 Å². The fourth-order valence-corrected chi connectivity index (χ4v) is 3.47. The number of hydrogen-bond acceptors (Lipinski definition) is 8. The number of pyridine rings is 2. The maximum atomic E-state index is 14.8. The van der Waals surface area contributed by atoms with Gasteiger partial charge in [0.15, 0.2) is 17.5 Å². The number of nitrogens with zero attached hydrogens (tertiary/aromatic N) is 5. The number of rotatable bonds is 11. The highest BCUT2D eigenvalue weighted by Crippen LogP contribution is 2.28. The zero-order valence-electron chi connectivity index (χ0n) is 19.6. The number of halogens is 1. The van der Waals surface area contributed by atoms with Crippen LogP contribution in [-0.2, 0) is 0 Å². The van der Waals surface area contributed by atoms with E-state index >= 15 is 0 Å². The van der Waals surface area contributed by atoms with Crippen molar-refractivity contribution in [3.8, 4) is 17.6 Å². The summed E-state index contributed by atoms with van der Waals surface area (Å²) in [4.78, 5) is 19.7. The molecule has 4 N–H and O–H groups in total. The predicted molar refractivity (Wildman–Crippen MR) is 128 cm³/mol. The highest BCUT2D eigenvalue weighted by Gasteiger charge is 2.22. The van der Waals surface area contributed by atoms with Gasteiger partial charge in [-0.1, -0.05) is 13.3 Å². The molecule has 3 rings (SSSR count). The largest absolute Gasteiger partial charge is 0.476 e. The smallest absolute Gasteiger partial charge is 0.404 e. The van der Waals surface area contributed by atoms with Gasteiger partial charge in [0.1, 0.15) is 11.8 Å². The molecule has 0 fully saturated rings. The van der Waals surface area contributed by atoms with Gasteiger partial charge in [0.2, 0.25) is 5.88 Å². The average molecular weight is 483 g/mol. The maximum Gasteiger partial charge on any atom is 0.404 e. The number of carbonyl (C=O) groups is 1. The molecule has 184 valence electrons. The highest BCUT2D eigenvalue weighted by atomic mass is 19.1. The van der Waals surface area contributed by atoms with Crippen molar-refractivity contribution >= 4 is 23.4 Å². The van der Waals surface area contributed by atoms with Crippen LogP contribution in [0.25, 0.3) is 5.69 Å². The first-order valence-corrected chi connectivity index (χ1v) is 11.1. The van der Waals surface area contributed by atoms with Gasteiger partial charge in [-0.15, -0.1) is 0 Å². The lowest BCUT2D eigenvalue weighted by Gasteiger charge is -2.25. The van der Waals surface area contributed by atoms with Crippen molar-refractivity contribution in [2.75, 3.05) is 17.2 Å². The fourth-order valence-electron chi connectivity index (χ4n) is 3.47. The van der Waals surface area contributed by atoms with E-state index < -0.39 is 24.0 Å². The molecule has 0 bridgehead atoms. The number of anilines is 3. The molecular formula is C23H27FN8O3. The van der Waals surface area contributed by atoms with Crippen molar-refractivity contribution in [3.05, 3.63) is 48.2 Å². The summed E-state index contributed by atoms with van der Waals surface area (Å²) >= 11 is 0. The topological polar surface area (TPSA) is 150 Å². The number of nitrogens with one attached hydrogen (secondary N) is 3. The third kappa shape index (κ3) is 6.35. The van der Waals surface area contributed by atoms with E-state index in [9.17, 15) is 14.4 Å². The molecule has 35 heavy (non-hydrogen) atoms. The van der Waals surface area contributed by atoms with E-state index in [2.05, 4.69) is 31.0 Å². The van der Waals surface area contributed by atoms with Gasteiger partial charge in [-0.3, -0.25) is 0 Å². The Morgan fingerprint density at radius 1 is 1.34 bits per heavy atom. The van der Waals surface area contributed by atoms with Crippen LogP contribution in [-0.4, -0.2) is 49.6 Å². The Kier molecular flexibility index (Phi) is 8.39. The average Bonchev–Trinajstić information content (AvgIpc) is 3.36. The molecule has 1 amide bonds. The Bertz CT molecular complexity index is 1200. The first-order chi connectivity index (χ1) is 16.9. The molecule has 2 atom stereocenters. The lowest BCUT2D eigenvalue weighted by atomic mass is 10.0. The monoisotopic (exact) mass is 482 g/mol. The van der Waals surface area contributed by atoms with E-state index in [4.69, 9.17) is 9.84 Å². The SMILES string of the molecule is CCC[C@@H](Nc1nc(Nc2cnc(OCC)c(-n3cccn3)c2)c(C#N)cc1F)[C@H](C)NC(=O)O. The van der Waals surface area contributed by atoms with Crippen molar-refractivity contribution in [1.82, 2.24) is 25.1 Å². The second-order valence-corrected chi connectivity index (χ2v) is 7.66. The van der Waals surface area contributed by atoms with Crippen molar-refractivity contribution in [2.24, 2.45) is 0 Å². The lowest BCUT2D eigenvalue weighted by molar-refractivity contribution is 0.189. The van der Waals surface area contributed by atoms with Crippen molar-refractivity contribution in [3.63, 3.8) is 0 Å². The van der Waals surface area contributed by atoms with Gasteiger partial charge >= 0.3 is 6.09 Å². The van der Waals surface area contributed by atoms with E-state index in [1.807, 2.05) is 19.9 Å². The van der Waals surface area contributed by atoms with E-state index in [-0.39, 0.29) is 17.2 Å². The van der Waals surface area contributed by atoms with Crippen molar-refractivity contribution in [1.29, 1.82) is 5.26 Å². The van der Waals surface area contributed by atoms with Crippen LogP contribution >= 0.6 is 0 Å². The third-order valence-electron chi connectivity index (χ3n) is 5.10. The van der Waals surface area contributed by atoms with E-state index in [0.717, 1.165) is 12.5 Å². The molecule has 0 aromatic carbocycles. The second-order valence-electron chi connectivity index (χ2n) is 7.66. The molecule has 0 spiro atoms. The molecule has 12 heteroatoms. The number of nitriles is 1. The molecule has 0 aliphatic rings. The molecule has 0 saturated heterocycles. The molecule has 11 nitrogen and oxygen atoms in total. The van der Waals surface area contributed by atoms with Gasteiger partial charge in [-0.2, -0.15) is 10.4 Å². The summed E-state index contributed by atoms with van der Waals surface area (Å²) < 4.78 is 22.0. The Balaban J connectivity index is 1.94. The number of amides is 1. The maximum absolute atomic E-state index is 14.8. The van der Waals surface area contributed by atoms with Crippen LogP contribution in [0.2, 0.25) is 0 Å². The van der Waals surface area contributed by atoms with Gasteiger partial charge in [-0.25, -0.2) is 23.8 Å². The van der Waals surface area contributed by atoms with Crippen molar-refractivity contribution in [2.45, 2.75) is 45.7 Å². The Labute approximate surface area is 202 Å². The van der Waals surface area contributed by atoms with Crippen LogP contribution < -0.4 is 20.7 Å². The van der Waals surface area contributed by atoms with E-state index in [1.54, 1.807) is 36.1 Å². The summed E-state index contributed by atoms with van der Waals surface area (Å²) in [6.07, 6.45) is 5.00. The number of ether oxygens (including phenoxy) is 1. The highest BCUT2D eigenvalue weighted by molar-refractivity contribution is 5.67. The zero-order valence-corrected chi connectivity index (χ0v) is 19.6. The molecule has 0 saturated carbocycles. The summed E-state index contributed by atoms with van der Waals surface area (Å²) in [5.41, 5.74) is 1.04. The van der Waals surface area contributed by atoms with Gasteiger partial charge in [-0.05, 0) is 38.5 Å². The Morgan fingerprint density at radius 2 is 2.14 bits per heavy atom. The number of aromatic nitrogens is 4. The molecule has 0 unspecified atom stereocenters. The standard InChI is InChI=1S/C23H27FN8O3/c1-4-7-18(14(3)28-23(33)34)30-21-17(24)10-15(12-25)20(31-21)29-16-11-19(32-9-6-8-27-32)22(26-13-16)35-5-2/h6,8-11,13-14,18,28H,4-5,7H2,1-3H3,(H,33,34)(H2,29,30,31)/t14-,18+/m0/s1. The van der Waals surface area contributed by atoms with E-state index in [1.165, 1.54) is 6.20 Å². The lowest BCUT2D eigenvalue weighted by Crippen LogP contribution is -2.44. The molecule has 3 aromatic rings. The normalized spacial score (nSPS) is 12.3. The molecule has 0 radical (unpaired) electrons. The molecule has 3 aromatic heterocycles. The zero-order chi connectivity index (χ0) is 25.4. The van der Waals surface area contributed by atoms with Crippen molar-refractivity contribution < 1.29 is 19.0 Å². The second kappa shape index (κ2) is 11.6. The molecule has 3 heterocycles. The number of hydrogen-bond donors (Lipinski definition) is 4. The summed E-state index contributed by atoms with van der Waals surface area (Å²) in [5, 5.41) is 31.2. The van der Waals surface area contributed by atoms with Gasteiger partial charge in [0.25, 0.3) is 0 Å². The minimum absolute atomic E-state index is 0.00803. The molecular weight excluding hydrogens is 455 g/mol. The third-order valence-corrected chi connectivity index (χ3v) is 5.10. The van der Waals surface area contributed by atoms with Crippen LogP contribution in [0.1, 0.15) is 39.2 Å². The quantitative estimate of drug-likeness (QED) is 0.317. The minimum atomic E-state index is -1.17. The Hall–Kier alpha value is -4.40. The van der Waals surface area contributed by atoms with Crippen LogP contribution in [0, 0.1) is 17.1 Å². The summed E-state index contributed by atoms with van der Waals surface area (Å²) in [5.74, 6) is -0.338. The first-order valence-electron chi connectivity index (χ1n) is 11.1. The fraction of sp³-hybridized carbons (Fsp3) is 0.348. The molecule has 0 aliphatic carbocycles. The Morgan fingerprint density at radius 3 is 2.77 bits per heavy atom. The first kappa shape index (κ1) is 25.2. The predicted octanol–water partition coefficient (Wildman–Crippen LogP) is 4.05. The van der Waals surface area contributed by atoms with Crippen LogP contribution in [0.15, 0.2) is 36.8 Å².